The summed E-state index contributed by atoms with van der Waals surface area (Å²) in [6.45, 7) is 4.20. The lowest BCUT2D eigenvalue weighted by molar-refractivity contribution is 0.0963. The number of hydrogen-bond acceptors (Lipinski definition) is 3. The number of nitrogens with one attached hydrogen (secondary N) is 2. The normalized spacial score (nSPS) is 14.8. The van der Waals surface area contributed by atoms with Gasteiger partial charge in [-0.15, -0.1) is 0 Å². The number of hydrogen-bond donors (Lipinski definition) is 2. The van der Waals surface area contributed by atoms with E-state index in [0.29, 0.717) is 12.1 Å². The minimum absolute atomic E-state index is 0.0771. The molecule has 1 amide bonds. The van der Waals surface area contributed by atoms with Crippen molar-refractivity contribution in [3.05, 3.63) is 64.7 Å². The lowest BCUT2D eigenvalue weighted by Gasteiger charge is -2.38. The Kier molecular flexibility index (Phi) is 6.76. The smallest absolute Gasteiger partial charge is 0.251 e. The Morgan fingerprint density at radius 3 is 2.36 bits per heavy atom. The zero-order valence-electron chi connectivity index (χ0n) is 16.3. The van der Waals surface area contributed by atoms with E-state index in [4.69, 9.17) is 11.6 Å². The first-order chi connectivity index (χ1) is 13.6. The van der Waals surface area contributed by atoms with Crippen LogP contribution in [0, 0.1) is 0 Å². The molecule has 0 bridgehead atoms. The number of halogens is 1. The molecule has 1 heterocycles. The number of aliphatic imine (C=N–C) groups is 1. The summed E-state index contributed by atoms with van der Waals surface area (Å²) in [6.07, 6.45) is 0. The van der Waals surface area contributed by atoms with Crippen molar-refractivity contribution in [2.45, 2.75) is 6.54 Å². The van der Waals surface area contributed by atoms with E-state index in [0.717, 1.165) is 48.4 Å². The number of anilines is 1. The third-order valence-corrected chi connectivity index (χ3v) is 5.20. The second kappa shape index (κ2) is 9.46. The topological polar surface area (TPSA) is 60.0 Å². The molecule has 0 radical (unpaired) electrons. The number of piperazine rings is 1. The van der Waals surface area contributed by atoms with Gasteiger partial charge in [0, 0.05) is 52.4 Å². The van der Waals surface area contributed by atoms with Gasteiger partial charge in [-0.25, -0.2) is 0 Å². The molecule has 148 valence electrons. The van der Waals surface area contributed by atoms with Crippen molar-refractivity contribution in [2.75, 3.05) is 45.2 Å². The molecule has 2 aromatic rings. The van der Waals surface area contributed by atoms with Gasteiger partial charge in [0.15, 0.2) is 5.96 Å². The van der Waals surface area contributed by atoms with Crippen molar-refractivity contribution in [1.29, 1.82) is 0 Å². The lowest BCUT2D eigenvalue weighted by Crippen LogP contribution is -2.52. The van der Waals surface area contributed by atoms with Crippen LogP contribution in [-0.2, 0) is 6.54 Å². The van der Waals surface area contributed by atoms with Gasteiger partial charge in [-0.05, 0) is 29.8 Å². The summed E-state index contributed by atoms with van der Waals surface area (Å²) in [5.41, 5.74) is 2.85. The summed E-state index contributed by atoms with van der Waals surface area (Å²) in [7, 11) is 3.44. The van der Waals surface area contributed by atoms with Crippen LogP contribution in [0.25, 0.3) is 0 Å². The monoisotopic (exact) mass is 399 g/mol. The largest absolute Gasteiger partial charge is 0.367 e. The van der Waals surface area contributed by atoms with Crippen LogP contribution in [0.15, 0.2) is 53.5 Å². The van der Waals surface area contributed by atoms with Gasteiger partial charge in [0.25, 0.3) is 5.91 Å². The molecule has 3 rings (SSSR count). The molecule has 6 nitrogen and oxygen atoms in total. The maximum Gasteiger partial charge on any atom is 0.251 e. The van der Waals surface area contributed by atoms with E-state index in [1.54, 1.807) is 14.1 Å². The molecule has 0 saturated carbocycles. The minimum Gasteiger partial charge on any atom is -0.367 e. The number of carbonyl (C=O) groups is 1. The third-order valence-electron chi connectivity index (χ3n) is 4.88. The first-order valence-corrected chi connectivity index (χ1v) is 9.76. The number of benzene rings is 2. The molecule has 1 fully saturated rings. The Bertz CT molecular complexity index is 829. The molecule has 0 aliphatic carbocycles. The highest BCUT2D eigenvalue weighted by Crippen LogP contribution is 2.26. The Labute approximate surface area is 171 Å². The fraction of sp³-hybridized carbons (Fsp3) is 0.333. The van der Waals surface area contributed by atoms with Crippen molar-refractivity contribution in [3.63, 3.8) is 0 Å². The molecular formula is C21H26ClN5O. The van der Waals surface area contributed by atoms with Crippen LogP contribution in [0.4, 0.5) is 5.69 Å². The molecule has 7 heteroatoms. The van der Waals surface area contributed by atoms with E-state index in [2.05, 4.69) is 31.5 Å². The van der Waals surface area contributed by atoms with Crippen molar-refractivity contribution in [2.24, 2.45) is 4.99 Å². The maximum atomic E-state index is 11.6. The summed E-state index contributed by atoms with van der Waals surface area (Å²) in [6, 6.07) is 15.5. The van der Waals surface area contributed by atoms with E-state index in [9.17, 15) is 4.79 Å². The number of nitrogens with zero attached hydrogens (tertiary/aromatic N) is 3. The first kappa shape index (κ1) is 20.0. The predicted octanol–water partition coefficient (Wildman–Crippen LogP) is 2.60. The van der Waals surface area contributed by atoms with Crippen LogP contribution in [0.1, 0.15) is 15.9 Å². The summed E-state index contributed by atoms with van der Waals surface area (Å²) < 4.78 is 0. The number of para-hydroxylation sites is 1. The average Bonchev–Trinajstić information content (AvgIpc) is 2.75. The Hall–Kier alpha value is -2.73. The second-order valence-electron chi connectivity index (χ2n) is 6.60. The average molecular weight is 400 g/mol. The van der Waals surface area contributed by atoms with Crippen LogP contribution < -0.4 is 15.5 Å². The van der Waals surface area contributed by atoms with Crippen molar-refractivity contribution >= 4 is 29.2 Å². The molecule has 0 spiro atoms. The Morgan fingerprint density at radius 1 is 1.07 bits per heavy atom. The van der Waals surface area contributed by atoms with Crippen LogP contribution in [-0.4, -0.2) is 57.0 Å². The predicted molar refractivity (Wildman–Crippen MR) is 115 cm³/mol. The molecule has 2 N–H and O–H groups in total. The quantitative estimate of drug-likeness (QED) is 0.613. The van der Waals surface area contributed by atoms with Gasteiger partial charge >= 0.3 is 0 Å². The van der Waals surface area contributed by atoms with Crippen molar-refractivity contribution in [1.82, 2.24) is 15.5 Å². The van der Waals surface area contributed by atoms with E-state index in [1.807, 2.05) is 42.5 Å². The van der Waals surface area contributed by atoms with Crippen LogP contribution in [0.2, 0.25) is 5.02 Å². The molecule has 0 atom stereocenters. The summed E-state index contributed by atoms with van der Waals surface area (Å²) in [5, 5.41) is 6.83. The molecule has 0 aromatic heterocycles. The van der Waals surface area contributed by atoms with Crippen LogP contribution in [0.3, 0.4) is 0 Å². The van der Waals surface area contributed by atoms with E-state index in [1.165, 1.54) is 0 Å². The van der Waals surface area contributed by atoms with Gasteiger partial charge in [0.1, 0.15) is 0 Å². The standard InChI is InChI=1S/C21H26ClN5O/c1-23-20(28)17-9-7-16(8-10-17)15-25-21(24-2)27-13-11-26(12-14-27)19-6-4-3-5-18(19)22/h3-10H,11-15H2,1-2H3,(H,23,28)(H,24,25). The SMILES string of the molecule is CN=C(NCc1ccc(C(=O)NC)cc1)N1CCN(c2ccccc2Cl)CC1. The number of guanidine groups is 1. The van der Waals surface area contributed by atoms with Crippen molar-refractivity contribution < 1.29 is 4.79 Å². The maximum absolute atomic E-state index is 11.6. The van der Waals surface area contributed by atoms with Crippen LogP contribution >= 0.6 is 11.6 Å². The minimum atomic E-state index is -0.0771. The zero-order chi connectivity index (χ0) is 19.9. The van der Waals surface area contributed by atoms with Gasteiger partial charge < -0.3 is 20.4 Å². The number of carbonyl (C=O) groups excluding carboxylic acids is 1. The molecule has 1 aliphatic heterocycles. The third kappa shape index (κ3) is 4.75. The van der Waals surface area contributed by atoms with E-state index >= 15 is 0 Å². The van der Waals surface area contributed by atoms with Gasteiger partial charge in [0.05, 0.1) is 10.7 Å². The van der Waals surface area contributed by atoms with Gasteiger partial charge in [-0.2, -0.15) is 0 Å². The second-order valence-corrected chi connectivity index (χ2v) is 7.01. The van der Waals surface area contributed by atoms with E-state index < -0.39 is 0 Å². The molecule has 2 aromatic carbocycles. The fourth-order valence-electron chi connectivity index (χ4n) is 3.30. The summed E-state index contributed by atoms with van der Waals surface area (Å²) >= 11 is 6.32. The summed E-state index contributed by atoms with van der Waals surface area (Å²) in [5.74, 6) is 0.806. The highest BCUT2D eigenvalue weighted by molar-refractivity contribution is 6.33. The highest BCUT2D eigenvalue weighted by atomic mass is 35.5. The molecule has 1 aliphatic rings. The highest BCUT2D eigenvalue weighted by Gasteiger charge is 2.20. The Balaban J connectivity index is 1.54. The first-order valence-electron chi connectivity index (χ1n) is 9.38. The molecular weight excluding hydrogens is 374 g/mol. The van der Waals surface area contributed by atoms with Gasteiger partial charge in [-0.1, -0.05) is 35.9 Å². The number of rotatable bonds is 4. The molecule has 28 heavy (non-hydrogen) atoms. The molecule has 1 saturated heterocycles. The fourth-order valence-corrected chi connectivity index (χ4v) is 3.55. The van der Waals surface area contributed by atoms with E-state index in [-0.39, 0.29) is 5.91 Å². The van der Waals surface area contributed by atoms with Gasteiger partial charge in [0.2, 0.25) is 0 Å². The lowest BCUT2D eigenvalue weighted by atomic mass is 10.1. The molecule has 0 unspecified atom stereocenters. The summed E-state index contributed by atoms with van der Waals surface area (Å²) in [4.78, 5) is 20.6. The Morgan fingerprint density at radius 2 is 1.75 bits per heavy atom. The van der Waals surface area contributed by atoms with Gasteiger partial charge in [-0.3, -0.25) is 9.79 Å². The van der Waals surface area contributed by atoms with Crippen LogP contribution in [0.5, 0.6) is 0 Å². The zero-order valence-corrected chi connectivity index (χ0v) is 17.0. The number of amides is 1. The van der Waals surface area contributed by atoms with Crippen molar-refractivity contribution in [3.8, 4) is 0 Å².